The van der Waals surface area contributed by atoms with Crippen LogP contribution in [0.3, 0.4) is 0 Å². The molecule has 0 saturated heterocycles. The first-order chi connectivity index (χ1) is 10.5. The first-order valence-corrected chi connectivity index (χ1v) is 8.16. The van der Waals surface area contributed by atoms with Gasteiger partial charge >= 0.3 is 5.97 Å². The summed E-state index contributed by atoms with van der Waals surface area (Å²) in [4.78, 5) is 22.5. The summed E-state index contributed by atoms with van der Waals surface area (Å²) in [6.07, 6.45) is 3.98. The summed E-state index contributed by atoms with van der Waals surface area (Å²) in [5, 5.41) is 0. The van der Waals surface area contributed by atoms with E-state index in [9.17, 15) is 9.59 Å². The Kier molecular flexibility index (Phi) is 8.49. The molecular formula is C19H28O3. The largest absolute Gasteiger partial charge is 0.461 e. The minimum atomic E-state index is -0.134. The second-order valence-electron chi connectivity index (χ2n) is 6.44. The zero-order chi connectivity index (χ0) is 16.4. The summed E-state index contributed by atoms with van der Waals surface area (Å²) in [7, 11) is 0. The van der Waals surface area contributed by atoms with Crippen molar-refractivity contribution in [1.29, 1.82) is 0 Å². The lowest BCUT2D eigenvalue weighted by Gasteiger charge is -2.21. The Balaban J connectivity index is 2.38. The van der Waals surface area contributed by atoms with Gasteiger partial charge in [-0.15, -0.1) is 0 Å². The van der Waals surface area contributed by atoms with Gasteiger partial charge in [0.15, 0.2) is 0 Å². The number of hydrogen-bond acceptors (Lipinski definition) is 3. The van der Waals surface area contributed by atoms with Gasteiger partial charge in [-0.1, -0.05) is 57.5 Å². The van der Waals surface area contributed by atoms with Gasteiger partial charge in [0, 0.05) is 12.8 Å². The molecule has 1 rings (SSSR count). The highest BCUT2D eigenvalue weighted by molar-refractivity contribution is 5.69. The van der Waals surface area contributed by atoms with Crippen molar-refractivity contribution >= 4 is 12.3 Å². The van der Waals surface area contributed by atoms with Gasteiger partial charge in [-0.25, -0.2) is 0 Å². The number of ether oxygens (including phenoxy) is 1. The average molecular weight is 304 g/mol. The van der Waals surface area contributed by atoms with Gasteiger partial charge in [0.1, 0.15) is 12.9 Å². The predicted molar refractivity (Wildman–Crippen MR) is 88.3 cm³/mol. The maximum atomic E-state index is 12.0. The zero-order valence-electron chi connectivity index (χ0n) is 14.0. The molecule has 0 N–H and O–H groups in total. The lowest BCUT2D eigenvalue weighted by molar-refractivity contribution is -0.146. The van der Waals surface area contributed by atoms with Crippen molar-refractivity contribution in [3.63, 3.8) is 0 Å². The SMILES string of the molecule is CC(C)C(CC[C@H](C)CC=O)CC(=O)OCc1ccccc1. The molecule has 22 heavy (non-hydrogen) atoms. The fourth-order valence-corrected chi connectivity index (χ4v) is 2.46. The van der Waals surface area contributed by atoms with Crippen LogP contribution in [-0.2, 0) is 20.9 Å². The van der Waals surface area contributed by atoms with Crippen molar-refractivity contribution in [2.45, 2.75) is 53.1 Å². The van der Waals surface area contributed by atoms with Crippen molar-refractivity contribution < 1.29 is 14.3 Å². The summed E-state index contributed by atoms with van der Waals surface area (Å²) >= 11 is 0. The molecule has 0 fully saturated rings. The third-order valence-corrected chi connectivity index (χ3v) is 4.14. The van der Waals surface area contributed by atoms with Crippen LogP contribution >= 0.6 is 0 Å². The van der Waals surface area contributed by atoms with E-state index in [0.29, 0.717) is 37.2 Å². The molecule has 0 saturated carbocycles. The minimum absolute atomic E-state index is 0.134. The van der Waals surface area contributed by atoms with Crippen molar-refractivity contribution in [2.24, 2.45) is 17.8 Å². The zero-order valence-corrected chi connectivity index (χ0v) is 14.0. The van der Waals surface area contributed by atoms with E-state index >= 15 is 0 Å². The first-order valence-electron chi connectivity index (χ1n) is 8.16. The van der Waals surface area contributed by atoms with E-state index in [1.807, 2.05) is 30.3 Å². The number of carbonyl (C=O) groups is 2. The van der Waals surface area contributed by atoms with Gasteiger partial charge in [-0.2, -0.15) is 0 Å². The molecule has 0 spiro atoms. The van der Waals surface area contributed by atoms with Crippen LogP contribution in [0.4, 0.5) is 0 Å². The standard InChI is InChI=1S/C19H28O3/c1-15(2)18(10-9-16(3)11-12-20)13-19(21)22-14-17-7-5-4-6-8-17/h4-8,12,15-16,18H,9-11,13-14H2,1-3H3/t16-,18?/m0/s1. The number of rotatable bonds is 10. The van der Waals surface area contributed by atoms with Crippen molar-refractivity contribution in [1.82, 2.24) is 0 Å². The van der Waals surface area contributed by atoms with Crippen LogP contribution in [0.1, 0.15) is 52.0 Å². The average Bonchev–Trinajstić information content (AvgIpc) is 2.50. The second kappa shape index (κ2) is 10.1. The second-order valence-corrected chi connectivity index (χ2v) is 6.44. The Morgan fingerprint density at radius 2 is 1.82 bits per heavy atom. The third-order valence-electron chi connectivity index (χ3n) is 4.14. The van der Waals surface area contributed by atoms with E-state index < -0.39 is 0 Å². The lowest BCUT2D eigenvalue weighted by Crippen LogP contribution is -2.17. The number of esters is 1. The van der Waals surface area contributed by atoms with E-state index in [2.05, 4.69) is 20.8 Å². The molecule has 0 amide bonds. The van der Waals surface area contributed by atoms with Gasteiger partial charge < -0.3 is 9.53 Å². The van der Waals surface area contributed by atoms with E-state index in [4.69, 9.17) is 4.74 Å². The Hall–Kier alpha value is -1.64. The predicted octanol–water partition coefficient (Wildman–Crippen LogP) is 4.40. The Morgan fingerprint density at radius 1 is 1.14 bits per heavy atom. The highest BCUT2D eigenvalue weighted by Crippen LogP contribution is 2.24. The van der Waals surface area contributed by atoms with Gasteiger partial charge in [-0.05, 0) is 29.7 Å². The summed E-state index contributed by atoms with van der Waals surface area (Å²) < 4.78 is 5.37. The molecule has 0 radical (unpaired) electrons. The van der Waals surface area contributed by atoms with Gasteiger partial charge in [0.25, 0.3) is 0 Å². The van der Waals surface area contributed by atoms with Crippen LogP contribution in [0, 0.1) is 17.8 Å². The van der Waals surface area contributed by atoms with Crippen molar-refractivity contribution in [3.05, 3.63) is 35.9 Å². The van der Waals surface area contributed by atoms with E-state index in [0.717, 1.165) is 24.7 Å². The smallest absolute Gasteiger partial charge is 0.306 e. The van der Waals surface area contributed by atoms with Crippen LogP contribution in [-0.4, -0.2) is 12.3 Å². The molecule has 2 atom stereocenters. The maximum Gasteiger partial charge on any atom is 0.306 e. The van der Waals surface area contributed by atoms with E-state index in [1.54, 1.807) is 0 Å². The van der Waals surface area contributed by atoms with Crippen molar-refractivity contribution in [3.8, 4) is 0 Å². The molecular weight excluding hydrogens is 276 g/mol. The summed E-state index contributed by atoms with van der Waals surface area (Å²) in [6.45, 7) is 6.70. The van der Waals surface area contributed by atoms with Gasteiger partial charge in [0.2, 0.25) is 0 Å². The van der Waals surface area contributed by atoms with Crippen LogP contribution in [0.2, 0.25) is 0 Å². The van der Waals surface area contributed by atoms with E-state index in [-0.39, 0.29) is 5.97 Å². The molecule has 3 nitrogen and oxygen atoms in total. The molecule has 0 aliphatic heterocycles. The van der Waals surface area contributed by atoms with Gasteiger partial charge in [0.05, 0.1) is 0 Å². The number of benzene rings is 1. The maximum absolute atomic E-state index is 12.0. The molecule has 0 heterocycles. The van der Waals surface area contributed by atoms with Crippen LogP contribution in [0.25, 0.3) is 0 Å². The normalized spacial score (nSPS) is 13.6. The third kappa shape index (κ3) is 7.39. The molecule has 0 aliphatic carbocycles. The number of aldehydes is 1. The van der Waals surface area contributed by atoms with Gasteiger partial charge in [-0.3, -0.25) is 4.79 Å². The Bertz CT molecular complexity index is 439. The molecule has 0 aliphatic rings. The number of carbonyl (C=O) groups excluding carboxylic acids is 2. The molecule has 1 unspecified atom stereocenters. The van der Waals surface area contributed by atoms with Crippen LogP contribution in [0.5, 0.6) is 0 Å². The first kappa shape index (κ1) is 18.4. The fourth-order valence-electron chi connectivity index (χ4n) is 2.46. The highest BCUT2D eigenvalue weighted by atomic mass is 16.5. The molecule has 1 aromatic carbocycles. The summed E-state index contributed by atoms with van der Waals surface area (Å²) in [5.41, 5.74) is 1.01. The minimum Gasteiger partial charge on any atom is -0.461 e. The summed E-state index contributed by atoms with van der Waals surface area (Å²) in [6, 6.07) is 9.73. The van der Waals surface area contributed by atoms with Crippen LogP contribution < -0.4 is 0 Å². The topological polar surface area (TPSA) is 43.4 Å². The molecule has 3 heteroatoms. The summed E-state index contributed by atoms with van der Waals surface area (Å²) in [5.74, 6) is 1.01. The fraction of sp³-hybridized carbons (Fsp3) is 0.579. The molecule has 0 bridgehead atoms. The lowest BCUT2D eigenvalue weighted by atomic mass is 9.85. The Labute approximate surface area is 134 Å². The molecule has 1 aromatic rings. The molecule has 122 valence electrons. The highest BCUT2D eigenvalue weighted by Gasteiger charge is 2.19. The van der Waals surface area contributed by atoms with Crippen LogP contribution in [0.15, 0.2) is 30.3 Å². The number of hydrogen-bond donors (Lipinski definition) is 0. The monoisotopic (exact) mass is 304 g/mol. The molecule has 0 aromatic heterocycles. The van der Waals surface area contributed by atoms with E-state index in [1.165, 1.54) is 0 Å². The Morgan fingerprint density at radius 3 is 2.41 bits per heavy atom. The van der Waals surface area contributed by atoms with Crippen molar-refractivity contribution in [2.75, 3.05) is 0 Å². The quantitative estimate of drug-likeness (QED) is 0.475.